The third kappa shape index (κ3) is 4.06. The van der Waals surface area contributed by atoms with Crippen molar-refractivity contribution in [1.82, 2.24) is 5.32 Å². The number of nitrogens with one attached hydrogen (secondary N) is 1. The van der Waals surface area contributed by atoms with E-state index >= 15 is 0 Å². The molecule has 20 heavy (non-hydrogen) atoms. The summed E-state index contributed by atoms with van der Waals surface area (Å²) in [5.74, 6) is -2.16. The fraction of sp³-hybridized carbons (Fsp3) is 0.462. The number of rotatable bonds is 6. The third-order valence-corrected chi connectivity index (χ3v) is 3.28. The highest BCUT2D eigenvalue weighted by Crippen LogP contribution is 2.13. The lowest BCUT2D eigenvalue weighted by atomic mass is 10.2. The van der Waals surface area contributed by atoms with E-state index in [0.717, 1.165) is 5.56 Å². The van der Waals surface area contributed by atoms with E-state index in [-0.39, 0.29) is 13.2 Å². The van der Waals surface area contributed by atoms with Crippen LogP contribution >= 0.6 is 11.3 Å². The predicted molar refractivity (Wildman–Crippen MR) is 73.6 cm³/mol. The second-order valence-electron chi connectivity index (χ2n) is 3.88. The van der Waals surface area contributed by atoms with Crippen LogP contribution in [0.25, 0.3) is 0 Å². The van der Waals surface area contributed by atoms with Crippen LogP contribution in [-0.2, 0) is 19.1 Å². The van der Waals surface area contributed by atoms with Crippen molar-refractivity contribution in [2.75, 3.05) is 13.2 Å². The van der Waals surface area contributed by atoms with Crippen molar-refractivity contribution >= 4 is 29.2 Å². The summed E-state index contributed by atoms with van der Waals surface area (Å²) in [6.07, 6.45) is 0. The first-order chi connectivity index (χ1) is 9.51. The molecular formula is C13H17NO5S. The van der Waals surface area contributed by atoms with Crippen LogP contribution in [0.1, 0.15) is 29.8 Å². The summed E-state index contributed by atoms with van der Waals surface area (Å²) in [6.45, 7) is 5.23. The third-order valence-electron chi connectivity index (χ3n) is 2.42. The van der Waals surface area contributed by atoms with Crippen molar-refractivity contribution in [3.8, 4) is 0 Å². The number of aryl methyl sites for hydroxylation is 1. The molecule has 0 radical (unpaired) electrons. The van der Waals surface area contributed by atoms with Gasteiger partial charge in [-0.15, -0.1) is 0 Å². The summed E-state index contributed by atoms with van der Waals surface area (Å²) in [5, 5.41) is 5.80. The molecule has 1 N–H and O–H groups in total. The molecule has 0 aliphatic rings. The molecule has 0 aliphatic carbocycles. The average Bonchev–Trinajstić information content (AvgIpc) is 2.82. The molecule has 0 bridgehead atoms. The van der Waals surface area contributed by atoms with Crippen LogP contribution in [0.15, 0.2) is 10.8 Å². The quantitative estimate of drug-likeness (QED) is 0.632. The first-order valence-corrected chi connectivity index (χ1v) is 7.12. The number of hydrogen-bond acceptors (Lipinski definition) is 6. The Morgan fingerprint density at radius 3 is 2.10 bits per heavy atom. The molecule has 0 saturated heterocycles. The van der Waals surface area contributed by atoms with Crippen LogP contribution in [0.4, 0.5) is 0 Å². The molecule has 0 atom stereocenters. The highest BCUT2D eigenvalue weighted by atomic mass is 32.1. The Morgan fingerprint density at radius 2 is 1.70 bits per heavy atom. The van der Waals surface area contributed by atoms with Crippen molar-refractivity contribution in [2.45, 2.75) is 26.8 Å². The van der Waals surface area contributed by atoms with Gasteiger partial charge in [0.25, 0.3) is 5.91 Å². The van der Waals surface area contributed by atoms with Crippen molar-refractivity contribution in [2.24, 2.45) is 0 Å². The molecule has 0 unspecified atom stereocenters. The minimum absolute atomic E-state index is 0.113. The van der Waals surface area contributed by atoms with Crippen LogP contribution in [0, 0.1) is 6.92 Å². The maximum Gasteiger partial charge on any atom is 0.340 e. The van der Waals surface area contributed by atoms with E-state index in [1.807, 2.05) is 0 Å². The summed E-state index contributed by atoms with van der Waals surface area (Å²) >= 11 is 1.37. The number of carbonyl (C=O) groups excluding carboxylic acids is 3. The van der Waals surface area contributed by atoms with Gasteiger partial charge in [-0.25, -0.2) is 9.59 Å². The molecule has 1 heterocycles. The molecule has 6 nitrogen and oxygen atoms in total. The summed E-state index contributed by atoms with van der Waals surface area (Å²) < 4.78 is 9.54. The van der Waals surface area contributed by atoms with Gasteiger partial charge in [0, 0.05) is 5.38 Å². The maximum atomic E-state index is 12.0. The fourth-order valence-electron chi connectivity index (χ4n) is 1.47. The van der Waals surface area contributed by atoms with Gasteiger partial charge in [-0.05, 0) is 31.7 Å². The highest BCUT2D eigenvalue weighted by molar-refractivity contribution is 7.08. The van der Waals surface area contributed by atoms with E-state index in [0.29, 0.717) is 5.56 Å². The minimum atomic E-state index is -1.44. The van der Waals surface area contributed by atoms with Crippen LogP contribution in [0.3, 0.4) is 0 Å². The second kappa shape index (κ2) is 7.64. The molecule has 0 spiro atoms. The van der Waals surface area contributed by atoms with Gasteiger partial charge < -0.3 is 14.8 Å². The Bertz CT molecular complexity index is 479. The van der Waals surface area contributed by atoms with Crippen LogP contribution < -0.4 is 5.32 Å². The van der Waals surface area contributed by atoms with Crippen molar-refractivity contribution in [3.63, 3.8) is 0 Å². The summed E-state index contributed by atoms with van der Waals surface area (Å²) in [7, 11) is 0. The van der Waals surface area contributed by atoms with E-state index in [1.54, 1.807) is 31.5 Å². The van der Waals surface area contributed by atoms with Gasteiger partial charge in [0.1, 0.15) is 0 Å². The van der Waals surface area contributed by atoms with E-state index < -0.39 is 23.9 Å². The Kier molecular flexibility index (Phi) is 6.17. The molecule has 0 fully saturated rings. The van der Waals surface area contributed by atoms with E-state index in [9.17, 15) is 14.4 Å². The molecule has 1 amide bonds. The highest BCUT2D eigenvalue weighted by Gasteiger charge is 2.31. The number of thiophene rings is 1. The molecule has 7 heteroatoms. The molecule has 1 aromatic rings. The second-order valence-corrected chi connectivity index (χ2v) is 4.62. The SMILES string of the molecule is CCOC(=O)C(NC(=O)c1cscc1C)C(=O)OCC. The summed E-state index contributed by atoms with van der Waals surface area (Å²) in [6, 6.07) is -1.44. The zero-order chi connectivity index (χ0) is 15.1. The van der Waals surface area contributed by atoms with Crippen molar-refractivity contribution in [3.05, 3.63) is 21.9 Å². The molecule has 1 rings (SSSR count). The van der Waals surface area contributed by atoms with Gasteiger partial charge in [0.2, 0.25) is 6.04 Å². The van der Waals surface area contributed by atoms with E-state index in [4.69, 9.17) is 9.47 Å². The number of hydrogen-bond donors (Lipinski definition) is 1. The molecule has 1 aromatic heterocycles. The van der Waals surface area contributed by atoms with Crippen LogP contribution in [-0.4, -0.2) is 37.1 Å². The largest absolute Gasteiger partial charge is 0.464 e. The smallest absolute Gasteiger partial charge is 0.340 e. The van der Waals surface area contributed by atoms with Crippen LogP contribution in [0.2, 0.25) is 0 Å². The number of esters is 2. The molecule has 0 aliphatic heterocycles. The lowest BCUT2D eigenvalue weighted by Crippen LogP contribution is -2.48. The molecule has 0 saturated carbocycles. The average molecular weight is 299 g/mol. The first-order valence-electron chi connectivity index (χ1n) is 6.18. The van der Waals surface area contributed by atoms with Gasteiger partial charge in [-0.2, -0.15) is 11.3 Å². The van der Waals surface area contributed by atoms with Gasteiger partial charge in [-0.1, -0.05) is 0 Å². The van der Waals surface area contributed by atoms with Gasteiger partial charge in [0.05, 0.1) is 18.8 Å². The normalized spacial score (nSPS) is 10.2. The zero-order valence-electron chi connectivity index (χ0n) is 11.6. The Hall–Kier alpha value is -1.89. The topological polar surface area (TPSA) is 81.7 Å². The fourth-order valence-corrected chi connectivity index (χ4v) is 2.30. The monoisotopic (exact) mass is 299 g/mol. The van der Waals surface area contributed by atoms with Gasteiger partial charge in [0.15, 0.2) is 0 Å². The van der Waals surface area contributed by atoms with Crippen molar-refractivity contribution < 1.29 is 23.9 Å². The number of ether oxygens (including phenoxy) is 2. The summed E-state index contributed by atoms with van der Waals surface area (Å²) in [5.41, 5.74) is 1.20. The number of carbonyl (C=O) groups is 3. The summed E-state index contributed by atoms with van der Waals surface area (Å²) in [4.78, 5) is 35.5. The van der Waals surface area contributed by atoms with E-state index in [2.05, 4.69) is 5.32 Å². The lowest BCUT2D eigenvalue weighted by molar-refractivity contribution is -0.157. The van der Waals surface area contributed by atoms with E-state index in [1.165, 1.54) is 11.3 Å². The Labute approximate surface area is 121 Å². The standard InChI is InChI=1S/C13H17NO5S/c1-4-18-12(16)10(13(17)19-5-2)14-11(15)9-7-20-6-8(9)3/h6-7,10H,4-5H2,1-3H3,(H,14,15). The van der Waals surface area contributed by atoms with Gasteiger partial charge >= 0.3 is 11.9 Å². The Balaban J connectivity index is 2.84. The Morgan fingerprint density at radius 1 is 1.15 bits per heavy atom. The maximum absolute atomic E-state index is 12.0. The van der Waals surface area contributed by atoms with Gasteiger partial charge in [-0.3, -0.25) is 4.79 Å². The van der Waals surface area contributed by atoms with Crippen molar-refractivity contribution in [1.29, 1.82) is 0 Å². The van der Waals surface area contributed by atoms with Crippen LogP contribution in [0.5, 0.6) is 0 Å². The molecule has 0 aromatic carbocycles. The molecular weight excluding hydrogens is 282 g/mol. The minimum Gasteiger partial charge on any atom is -0.464 e. The number of amides is 1. The first kappa shape index (κ1) is 16.2. The zero-order valence-corrected chi connectivity index (χ0v) is 12.4. The molecule has 110 valence electrons. The predicted octanol–water partition coefficient (Wildman–Crippen LogP) is 1.28. The lowest BCUT2D eigenvalue weighted by Gasteiger charge is -2.15.